The van der Waals surface area contributed by atoms with E-state index in [2.05, 4.69) is 0 Å². The van der Waals surface area contributed by atoms with Crippen molar-refractivity contribution in [3.05, 3.63) is 0 Å². The van der Waals surface area contributed by atoms with E-state index in [9.17, 15) is 9.59 Å². The van der Waals surface area contributed by atoms with Crippen LogP contribution in [0, 0.1) is 0 Å². The molecule has 0 fully saturated rings. The van der Waals surface area contributed by atoms with E-state index >= 15 is 0 Å². The Bertz CT molecular complexity index is 89.8. The SMILES string of the molecule is CC=O.CCC=O.CCCC=O. The first-order valence-electron chi connectivity index (χ1n) is 4.02. The Morgan fingerprint density at radius 3 is 1.33 bits per heavy atom. The summed E-state index contributed by atoms with van der Waals surface area (Å²) in [6.07, 6.45) is 4.88. The molecule has 0 aromatic rings. The zero-order valence-corrected chi connectivity index (χ0v) is 8.08. The third-order valence-corrected chi connectivity index (χ3v) is 0.573. The van der Waals surface area contributed by atoms with E-state index in [0.29, 0.717) is 12.8 Å². The van der Waals surface area contributed by atoms with Crippen molar-refractivity contribution in [2.24, 2.45) is 0 Å². The van der Waals surface area contributed by atoms with Gasteiger partial charge in [0.15, 0.2) is 0 Å². The van der Waals surface area contributed by atoms with Gasteiger partial charge in [-0.15, -0.1) is 0 Å². The van der Waals surface area contributed by atoms with E-state index in [1.165, 1.54) is 6.92 Å². The molecule has 0 spiro atoms. The minimum atomic E-state index is 0.639. The molecule has 0 aromatic heterocycles. The highest BCUT2D eigenvalue weighted by Gasteiger charge is 1.66. The average molecular weight is 174 g/mol. The maximum atomic E-state index is 9.40. The highest BCUT2D eigenvalue weighted by atomic mass is 16.1. The van der Waals surface area contributed by atoms with Crippen LogP contribution in [0.5, 0.6) is 0 Å². The van der Waals surface area contributed by atoms with Gasteiger partial charge < -0.3 is 14.4 Å². The Balaban J connectivity index is -0.000000105. The van der Waals surface area contributed by atoms with Gasteiger partial charge in [-0.25, -0.2) is 0 Å². The van der Waals surface area contributed by atoms with E-state index < -0.39 is 0 Å². The molecule has 3 heteroatoms. The van der Waals surface area contributed by atoms with Crippen molar-refractivity contribution in [2.75, 3.05) is 0 Å². The summed E-state index contributed by atoms with van der Waals surface area (Å²) < 4.78 is 0. The molecule has 0 atom stereocenters. The van der Waals surface area contributed by atoms with Crippen molar-refractivity contribution in [3.63, 3.8) is 0 Å². The van der Waals surface area contributed by atoms with E-state index in [4.69, 9.17) is 4.79 Å². The predicted molar refractivity (Wildman–Crippen MR) is 49.1 cm³/mol. The number of unbranched alkanes of at least 4 members (excludes halogenated alkanes) is 1. The molecule has 3 nitrogen and oxygen atoms in total. The first-order valence-corrected chi connectivity index (χ1v) is 4.02. The average Bonchev–Trinajstić information content (AvgIpc) is 2.08. The van der Waals surface area contributed by atoms with Crippen LogP contribution in [0.4, 0.5) is 0 Å². The van der Waals surface area contributed by atoms with Crippen LogP contribution in [-0.2, 0) is 14.4 Å². The summed E-state index contributed by atoms with van der Waals surface area (Å²) in [5.41, 5.74) is 0. The molecule has 72 valence electrons. The van der Waals surface area contributed by atoms with Crippen molar-refractivity contribution in [2.45, 2.75) is 40.0 Å². The molecule has 0 heterocycles. The van der Waals surface area contributed by atoms with E-state index in [-0.39, 0.29) is 0 Å². The largest absolute Gasteiger partial charge is 0.304 e. The van der Waals surface area contributed by atoms with Gasteiger partial charge in [-0.3, -0.25) is 0 Å². The lowest BCUT2D eigenvalue weighted by Gasteiger charge is -1.68. The number of hydrogen-bond acceptors (Lipinski definition) is 3. The van der Waals surface area contributed by atoms with Crippen LogP contribution in [0.2, 0.25) is 0 Å². The number of carbonyl (C=O) groups excluding carboxylic acids is 3. The van der Waals surface area contributed by atoms with Crippen molar-refractivity contribution in [3.8, 4) is 0 Å². The van der Waals surface area contributed by atoms with Crippen molar-refractivity contribution in [1.29, 1.82) is 0 Å². The summed E-state index contributed by atoms with van der Waals surface area (Å²) in [7, 11) is 0. The van der Waals surface area contributed by atoms with Gasteiger partial charge in [-0.2, -0.15) is 0 Å². The molecule has 0 N–H and O–H groups in total. The first-order chi connectivity index (χ1) is 5.74. The molecule has 0 saturated heterocycles. The molecule has 0 aliphatic rings. The number of aldehydes is 3. The van der Waals surface area contributed by atoms with Crippen molar-refractivity contribution in [1.82, 2.24) is 0 Å². The van der Waals surface area contributed by atoms with Gasteiger partial charge in [0.25, 0.3) is 0 Å². The van der Waals surface area contributed by atoms with Crippen molar-refractivity contribution >= 4 is 18.9 Å². The van der Waals surface area contributed by atoms with Crippen LogP contribution in [0.15, 0.2) is 0 Å². The minimum absolute atomic E-state index is 0.639. The molecular weight excluding hydrogens is 156 g/mol. The topological polar surface area (TPSA) is 51.2 Å². The van der Waals surface area contributed by atoms with Crippen LogP contribution >= 0.6 is 0 Å². The third kappa shape index (κ3) is 143. The highest BCUT2D eigenvalue weighted by molar-refractivity contribution is 5.48. The number of hydrogen-bond donors (Lipinski definition) is 0. The Kier molecular flexibility index (Phi) is 46.4. The minimum Gasteiger partial charge on any atom is -0.304 e. The molecule has 0 saturated carbocycles. The van der Waals surface area contributed by atoms with E-state index in [1.54, 1.807) is 0 Å². The van der Waals surface area contributed by atoms with Crippen LogP contribution in [0.1, 0.15) is 40.0 Å². The molecule has 0 radical (unpaired) electrons. The summed E-state index contributed by atoms with van der Waals surface area (Å²) in [5.74, 6) is 0. The fourth-order valence-electron chi connectivity index (χ4n) is 0.118. The van der Waals surface area contributed by atoms with Gasteiger partial charge >= 0.3 is 0 Å². The zero-order valence-electron chi connectivity index (χ0n) is 8.08. The van der Waals surface area contributed by atoms with Gasteiger partial charge in [0, 0.05) is 12.8 Å². The van der Waals surface area contributed by atoms with E-state index in [1.807, 2.05) is 13.8 Å². The van der Waals surface area contributed by atoms with Crippen LogP contribution < -0.4 is 0 Å². The Morgan fingerprint density at radius 2 is 1.33 bits per heavy atom. The second kappa shape index (κ2) is 32.4. The quantitative estimate of drug-likeness (QED) is 0.613. The maximum absolute atomic E-state index is 9.40. The summed E-state index contributed by atoms with van der Waals surface area (Å²) in [5, 5.41) is 0. The van der Waals surface area contributed by atoms with Gasteiger partial charge in [0.1, 0.15) is 18.9 Å². The lowest BCUT2D eigenvalue weighted by molar-refractivity contribution is -0.108. The molecule has 0 aliphatic heterocycles. The van der Waals surface area contributed by atoms with Gasteiger partial charge in [-0.1, -0.05) is 13.8 Å². The summed E-state index contributed by atoms with van der Waals surface area (Å²) >= 11 is 0. The van der Waals surface area contributed by atoms with Gasteiger partial charge in [0.05, 0.1) is 0 Å². The fraction of sp³-hybridized carbons (Fsp3) is 0.667. The number of rotatable bonds is 3. The second-order valence-electron chi connectivity index (χ2n) is 1.77. The molecule has 0 amide bonds. The summed E-state index contributed by atoms with van der Waals surface area (Å²) in [6.45, 7) is 5.24. The molecule has 0 unspecified atom stereocenters. The number of carbonyl (C=O) groups is 3. The van der Waals surface area contributed by atoms with Crippen LogP contribution in [0.25, 0.3) is 0 Å². The first kappa shape index (κ1) is 17.2. The molecular formula is C9H18O3. The Labute approximate surface area is 74.2 Å². The third-order valence-electron chi connectivity index (χ3n) is 0.573. The maximum Gasteiger partial charge on any atom is 0.119 e. The van der Waals surface area contributed by atoms with Gasteiger partial charge in [0.2, 0.25) is 0 Å². The predicted octanol–water partition coefficient (Wildman–Crippen LogP) is 1.79. The molecule has 12 heavy (non-hydrogen) atoms. The zero-order chi connectivity index (χ0) is 10.2. The highest BCUT2D eigenvalue weighted by Crippen LogP contribution is 1.74. The fourth-order valence-corrected chi connectivity index (χ4v) is 0.118. The Hall–Kier alpha value is -0.990. The van der Waals surface area contributed by atoms with Crippen molar-refractivity contribution < 1.29 is 14.4 Å². The summed E-state index contributed by atoms with van der Waals surface area (Å²) in [6, 6.07) is 0. The van der Waals surface area contributed by atoms with Gasteiger partial charge in [-0.05, 0) is 13.3 Å². The van der Waals surface area contributed by atoms with Crippen LogP contribution in [-0.4, -0.2) is 18.9 Å². The normalized spacial score (nSPS) is 6.25. The standard InChI is InChI=1S/C4H8O.C3H6O.C2H4O/c1-2-3-4-5;1-2-3-4;1-2-3/h4H,2-3H2,1H3;3H,2H2,1H3;2H,1H3. The van der Waals surface area contributed by atoms with E-state index in [0.717, 1.165) is 25.3 Å². The lowest BCUT2D eigenvalue weighted by Crippen LogP contribution is -1.64. The summed E-state index contributed by atoms with van der Waals surface area (Å²) in [4.78, 5) is 27.4. The van der Waals surface area contributed by atoms with Crippen LogP contribution in [0.3, 0.4) is 0 Å². The smallest absolute Gasteiger partial charge is 0.119 e. The Morgan fingerprint density at radius 1 is 1.00 bits per heavy atom. The monoisotopic (exact) mass is 174 g/mol. The second-order valence-corrected chi connectivity index (χ2v) is 1.77. The molecule has 0 rings (SSSR count). The molecule has 0 aliphatic carbocycles. The molecule has 0 aromatic carbocycles. The molecule has 0 bridgehead atoms. The lowest BCUT2D eigenvalue weighted by atomic mass is 10.4.